The molecular formula is C11H10BrFN2S. The second-order valence-corrected chi connectivity index (χ2v) is 4.96. The number of hydrazine groups is 1. The molecule has 1 unspecified atom stereocenters. The van der Waals surface area contributed by atoms with Crippen molar-refractivity contribution in [3.8, 4) is 0 Å². The van der Waals surface area contributed by atoms with E-state index in [9.17, 15) is 4.39 Å². The van der Waals surface area contributed by atoms with E-state index in [1.54, 1.807) is 17.4 Å². The van der Waals surface area contributed by atoms with Crippen LogP contribution in [0.3, 0.4) is 0 Å². The third-order valence-electron chi connectivity index (χ3n) is 2.31. The van der Waals surface area contributed by atoms with Crippen molar-refractivity contribution in [2.24, 2.45) is 5.84 Å². The molecule has 0 amide bonds. The standard InChI is InChI=1S/C11H10BrFN2S/c12-10-2-1-8(13)5-9(10)11(15-14)7-3-4-16-6-7/h1-6,11,15H,14H2. The Hall–Kier alpha value is -0.750. The minimum Gasteiger partial charge on any atom is -0.271 e. The molecule has 1 heterocycles. The molecule has 0 spiro atoms. The van der Waals surface area contributed by atoms with Crippen molar-refractivity contribution >= 4 is 27.3 Å². The predicted molar refractivity (Wildman–Crippen MR) is 67.6 cm³/mol. The van der Waals surface area contributed by atoms with E-state index < -0.39 is 0 Å². The fourth-order valence-corrected chi connectivity index (χ4v) is 2.70. The summed E-state index contributed by atoms with van der Waals surface area (Å²) in [5.74, 6) is 5.26. The van der Waals surface area contributed by atoms with Gasteiger partial charge in [0.2, 0.25) is 0 Å². The van der Waals surface area contributed by atoms with E-state index in [1.807, 2.05) is 16.8 Å². The van der Waals surface area contributed by atoms with Gasteiger partial charge in [-0.2, -0.15) is 11.3 Å². The molecule has 0 aliphatic carbocycles. The van der Waals surface area contributed by atoms with E-state index >= 15 is 0 Å². The van der Waals surface area contributed by atoms with Gasteiger partial charge in [-0.3, -0.25) is 5.84 Å². The van der Waals surface area contributed by atoms with Crippen molar-refractivity contribution in [1.29, 1.82) is 0 Å². The molecule has 0 saturated carbocycles. The summed E-state index contributed by atoms with van der Waals surface area (Å²) >= 11 is 4.98. The van der Waals surface area contributed by atoms with Gasteiger partial charge in [-0.15, -0.1) is 0 Å². The van der Waals surface area contributed by atoms with Crippen LogP contribution in [-0.4, -0.2) is 0 Å². The zero-order valence-electron chi connectivity index (χ0n) is 8.28. The van der Waals surface area contributed by atoms with Crippen molar-refractivity contribution in [1.82, 2.24) is 5.43 Å². The maximum Gasteiger partial charge on any atom is 0.123 e. The van der Waals surface area contributed by atoms with Gasteiger partial charge in [-0.05, 0) is 46.2 Å². The van der Waals surface area contributed by atoms with Crippen molar-refractivity contribution in [2.45, 2.75) is 6.04 Å². The van der Waals surface area contributed by atoms with Crippen molar-refractivity contribution < 1.29 is 4.39 Å². The maximum atomic E-state index is 13.2. The lowest BCUT2D eigenvalue weighted by Gasteiger charge is -2.16. The molecule has 3 N–H and O–H groups in total. The number of halogens is 2. The Balaban J connectivity index is 2.44. The van der Waals surface area contributed by atoms with Crippen LogP contribution in [0.25, 0.3) is 0 Å². The fourth-order valence-electron chi connectivity index (χ4n) is 1.54. The molecule has 84 valence electrons. The van der Waals surface area contributed by atoms with E-state index in [1.165, 1.54) is 12.1 Å². The van der Waals surface area contributed by atoms with Gasteiger partial charge in [0.15, 0.2) is 0 Å². The molecule has 0 fully saturated rings. The van der Waals surface area contributed by atoms with Gasteiger partial charge >= 0.3 is 0 Å². The fraction of sp³-hybridized carbons (Fsp3) is 0.0909. The van der Waals surface area contributed by atoms with E-state index in [-0.39, 0.29) is 11.9 Å². The van der Waals surface area contributed by atoms with Crippen molar-refractivity contribution in [2.75, 3.05) is 0 Å². The lowest BCUT2D eigenvalue weighted by molar-refractivity contribution is 0.604. The van der Waals surface area contributed by atoms with Gasteiger partial charge in [-0.1, -0.05) is 15.9 Å². The maximum absolute atomic E-state index is 13.2. The average molecular weight is 301 g/mol. The van der Waals surface area contributed by atoms with E-state index in [0.29, 0.717) is 0 Å². The van der Waals surface area contributed by atoms with Gasteiger partial charge in [0.25, 0.3) is 0 Å². The zero-order valence-corrected chi connectivity index (χ0v) is 10.7. The highest BCUT2D eigenvalue weighted by atomic mass is 79.9. The van der Waals surface area contributed by atoms with E-state index in [2.05, 4.69) is 21.4 Å². The van der Waals surface area contributed by atoms with Crippen LogP contribution in [0, 0.1) is 5.82 Å². The summed E-state index contributed by atoms with van der Waals surface area (Å²) in [6.45, 7) is 0. The minimum absolute atomic E-state index is 0.198. The average Bonchev–Trinajstić information content (AvgIpc) is 2.78. The van der Waals surface area contributed by atoms with Gasteiger partial charge < -0.3 is 0 Å². The van der Waals surface area contributed by atoms with Crippen LogP contribution in [0.2, 0.25) is 0 Å². The highest BCUT2D eigenvalue weighted by Crippen LogP contribution is 2.29. The molecule has 0 radical (unpaired) electrons. The lowest BCUT2D eigenvalue weighted by Crippen LogP contribution is -2.28. The lowest BCUT2D eigenvalue weighted by atomic mass is 10.0. The topological polar surface area (TPSA) is 38.0 Å². The SMILES string of the molecule is NNC(c1ccsc1)c1cc(F)ccc1Br. The van der Waals surface area contributed by atoms with E-state index in [0.717, 1.165) is 15.6 Å². The van der Waals surface area contributed by atoms with Crippen molar-refractivity contribution in [3.63, 3.8) is 0 Å². The summed E-state index contributed by atoms with van der Waals surface area (Å²) in [6, 6.07) is 6.34. The highest BCUT2D eigenvalue weighted by molar-refractivity contribution is 9.10. The first-order valence-electron chi connectivity index (χ1n) is 4.65. The Morgan fingerprint density at radius 2 is 2.19 bits per heavy atom. The highest BCUT2D eigenvalue weighted by Gasteiger charge is 2.16. The second-order valence-electron chi connectivity index (χ2n) is 3.32. The molecular weight excluding hydrogens is 291 g/mol. The van der Waals surface area contributed by atoms with Crippen LogP contribution in [0.4, 0.5) is 4.39 Å². The summed E-state index contributed by atoms with van der Waals surface area (Å²) in [4.78, 5) is 0. The molecule has 1 aromatic heterocycles. The Morgan fingerprint density at radius 3 is 2.81 bits per heavy atom. The second kappa shape index (κ2) is 5.05. The zero-order chi connectivity index (χ0) is 11.5. The summed E-state index contributed by atoms with van der Waals surface area (Å²) in [7, 11) is 0. The number of nitrogens with two attached hydrogens (primary N) is 1. The molecule has 16 heavy (non-hydrogen) atoms. The molecule has 1 atom stereocenters. The molecule has 2 aromatic rings. The van der Waals surface area contributed by atoms with Gasteiger partial charge in [-0.25, -0.2) is 9.82 Å². The monoisotopic (exact) mass is 300 g/mol. The first kappa shape index (κ1) is 11.7. The third kappa shape index (κ3) is 2.32. The normalized spacial score (nSPS) is 12.7. The van der Waals surface area contributed by atoms with E-state index in [4.69, 9.17) is 5.84 Å². The Labute approximate surface area is 105 Å². The van der Waals surface area contributed by atoms with Crippen LogP contribution in [-0.2, 0) is 0 Å². The summed E-state index contributed by atoms with van der Waals surface area (Å²) in [6.07, 6.45) is 0. The minimum atomic E-state index is -0.270. The molecule has 1 aromatic carbocycles. The molecule has 5 heteroatoms. The Kier molecular flexibility index (Phi) is 3.70. The summed E-state index contributed by atoms with van der Waals surface area (Å²) in [5, 5.41) is 3.95. The number of benzene rings is 1. The number of rotatable bonds is 3. The van der Waals surface area contributed by atoms with Crippen molar-refractivity contribution in [3.05, 3.63) is 56.4 Å². The summed E-state index contributed by atoms with van der Waals surface area (Å²) in [5.41, 5.74) is 4.52. The molecule has 0 saturated heterocycles. The first-order chi connectivity index (χ1) is 7.72. The predicted octanol–water partition coefficient (Wildman–Crippen LogP) is 3.20. The van der Waals surface area contributed by atoms with Crippen LogP contribution >= 0.6 is 27.3 Å². The van der Waals surface area contributed by atoms with Crippen LogP contribution < -0.4 is 11.3 Å². The van der Waals surface area contributed by atoms with Crippen LogP contribution in [0.15, 0.2) is 39.5 Å². The van der Waals surface area contributed by atoms with Gasteiger partial charge in [0, 0.05) is 4.47 Å². The molecule has 2 rings (SSSR count). The number of nitrogens with one attached hydrogen (secondary N) is 1. The number of thiophene rings is 1. The molecule has 2 nitrogen and oxygen atoms in total. The molecule has 0 aliphatic rings. The third-order valence-corrected chi connectivity index (χ3v) is 3.74. The smallest absolute Gasteiger partial charge is 0.123 e. The largest absolute Gasteiger partial charge is 0.271 e. The summed E-state index contributed by atoms with van der Waals surface area (Å²) < 4.78 is 14.0. The van der Waals surface area contributed by atoms with Crippen LogP contribution in [0.5, 0.6) is 0 Å². The Bertz CT molecular complexity index is 473. The van der Waals surface area contributed by atoms with Crippen LogP contribution in [0.1, 0.15) is 17.2 Å². The number of hydrogen-bond acceptors (Lipinski definition) is 3. The molecule has 0 aliphatic heterocycles. The molecule has 0 bridgehead atoms. The van der Waals surface area contributed by atoms with Gasteiger partial charge in [0.05, 0.1) is 6.04 Å². The Morgan fingerprint density at radius 1 is 1.38 bits per heavy atom. The van der Waals surface area contributed by atoms with Gasteiger partial charge in [0.1, 0.15) is 5.82 Å². The number of hydrogen-bond donors (Lipinski definition) is 2. The first-order valence-corrected chi connectivity index (χ1v) is 6.39. The quantitative estimate of drug-likeness (QED) is 0.675.